The zero-order chi connectivity index (χ0) is 18.8. The number of rotatable bonds is 8. The van der Waals surface area contributed by atoms with Gasteiger partial charge in [0.2, 0.25) is 0 Å². The highest BCUT2D eigenvalue weighted by molar-refractivity contribution is 7.98. The third-order valence-electron chi connectivity index (χ3n) is 3.06. The molecule has 1 aromatic carbocycles. The molecule has 0 aliphatic heterocycles. The van der Waals surface area contributed by atoms with Gasteiger partial charge in [-0.15, -0.1) is 0 Å². The number of carbonyl (C=O) groups excluding carboxylic acids is 3. The predicted molar refractivity (Wildman–Crippen MR) is 92.3 cm³/mol. The summed E-state index contributed by atoms with van der Waals surface area (Å²) in [6.45, 7) is 1.40. The van der Waals surface area contributed by atoms with Gasteiger partial charge in [-0.25, -0.2) is 9.18 Å². The van der Waals surface area contributed by atoms with Crippen LogP contribution in [0.15, 0.2) is 24.3 Å². The minimum absolute atomic E-state index is 0.0790. The molecule has 0 heterocycles. The van der Waals surface area contributed by atoms with Crippen molar-refractivity contribution in [2.75, 3.05) is 12.0 Å². The fourth-order valence-corrected chi connectivity index (χ4v) is 2.24. The second-order valence-corrected chi connectivity index (χ2v) is 6.00. The van der Waals surface area contributed by atoms with Crippen molar-refractivity contribution in [3.63, 3.8) is 0 Å². The number of halogens is 1. The lowest BCUT2D eigenvalue weighted by molar-refractivity contribution is -0.133. The van der Waals surface area contributed by atoms with Crippen molar-refractivity contribution in [3.8, 4) is 5.75 Å². The van der Waals surface area contributed by atoms with Crippen LogP contribution in [0.3, 0.4) is 0 Å². The second kappa shape index (κ2) is 10.4. The summed E-state index contributed by atoms with van der Waals surface area (Å²) in [7, 11) is 0. The number of carbonyl (C=O) groups is 3. The van der Waals surface area contributed by atoms with Crippen LogP contribution in [0.25, 0.3) is 0 Å². The summed E-state index contributed by atoms with van der Waals surface area (Å²) in [5, 5.41) is 2.30. The van der Waals surface area contributed by atoms with Gasteiger partial charge in [0.25, 0.3) is 11.8 Å². The van der Waals surface area contributed by atoms with Crippen molar-refractivity contribution < 1.29 is 23.5 Å². The van der Waals surface area contributed by atoms with E-state index in [0.29, 0.717) is 12.2 Å². The molecule has 0 spiro atoms. The average Bonchev–Trinajstić information content (AvgIpc) is 2.57. The number of thioether (sulfide) groups is 1. The number of amides is 4. The molecule has 0 bridgehead atoms. The van der Waals surface area contributed by atoms with Crippen LogP contribution >= 0.6 is 11.8 Å². The molecule has 8 nitrogen and oxygen atoms in total. The Morgan fingerprint density at radius 2 is 1.88 bits per heavy atom. The standard InChI is InChI=1S/C15H21FN4O4S/c1-9(24-12-6-4-3-5-10(12)16)13(21)19-20-14(22)11(7-8-25-2)18-15(17)23/h3-6,9,11H,7-8H2,1-2H3,(H,19,21)(H,20,22)(H3,17,18,23)/t9-,11-/m0/s1. The van der Waals surface area contributed by atoms with Gasteiger partial charge in [-0.3, -0.25) is 20.4 Å². The van der Waals surface area contributed by atoms with E-state index in [-0.39, 0.29) is 5.75 Å². The Kier molecular flexibility index (Phi) is 8.54. The SMILES string of the molecule is CSCC[C@H](NC(N)=O)C(=O)NNC(=O)[C@H](C)Oc1ccccc1F. The molecule has 1 rings (SSSR count). The molecule has 0 unspecified atom stereocenters. The largest absolute Gasteiger partial charge is 0.478 e. The number of hydrazine groups is 1. The van der Waals surface area contributed by atoms with Crippen LogP contribution in [-0.2, 0) is 9.59 Å². The first-order valence-electron chi connectivity index (χ1n) is 7.41. The number of nitrogens with two attached hydrogens (primary N) is 1. The topological polar surface area (TPSA) is 123 Å². The van der Waals surface area contributed by atoms with Crippen molar-refractivity contribution in [1.29, 1.82) is 0 Å². The quantitative estimate of drug-likeness (QED) is 0.496. The molecule has 0 saturated heterocycles. The lowest BCUT2D eigenvalue weighted by Crippen LogP contribution is -2.55. The maximum absolute atomic E-state index is 13.5. The Bertz CT molecular complexity index is 617. The number of ether oxygens (including phenoxy) is 1. The molecule has 0 aliphatic carbocycles. The van der Waals surface area contributed by atoms with Crippen molar-refractivity contribution >= 4 is 29.6 Å². The predicted octanol–water partition coefficient (Wildman–Crippen LogP) is 0.530. The van der Waals surface area contributed by atoms with Crippen molar-refractivity contribution in [3.05, 3.63) is 30.1 Å². The third kappa shape index (κ3) is 7.29. The number of hydrogen-bond acceptors (Lipinski definition) is 5. The molecule has 0 aliphatic rings. The van der Waals surface area contributed by atoms with Crippen LogP contribution in [0.5, 0.6) is 5.75 Å². The van der Waals surface area contributed by atoms with Gasteiger partial charge in [0.1, 0.15) is 6.04 Å². The Hall–Kier alpha value is -2.49. The molecule has 138 valence electrons. The molecular formula is C15H21FN4O4S. The van der Waals surface area contributed by atoms with Crippen LogP contribution in [-0.4, -0.2) is 42.0 Å². The highest BCUT2D eigenvalue weighted by Crippen LogP contribution is 2.16. The van der Waals surface area contributed by atoms with Gasteiger partial charge >= 0.3 is 6.03 Å². The number of urea groups is 1. The van der Waals surface area contributed by atoms with Gasteiger partial charge in [-0.2, -0.15) is 11.8 Å². The molecular weight excluding hydrogens is 351 g/mol. The molecule has 0 saturated carbocycles. The first-order chi connectivity index (χ1) is 11.8. The number of benzene rings is 1. The van der Waals surface area contributed by atoms with E-state index in [4.69, 9.17) is 10.5 Å². The second-order valence-electron chi connectivity index (χ2n) is 5.01. The van der Waals surface area contributed by atoms with Crippen molar-refractivity contribution in [1.82, 2.24) is 16.2 Å². The molecule has 25 heavy (non-hydrogen) atoms. The first-order valence-corrected chi connectivity index (χ1v) is 8.80. The number of nitrogens with one attached hydrogen (secondary N) is 3. The van der Waals surface area contributed by atoms with Crippen LogP contribution < -0.4 is 26.6 Å². The monoisotopic (exact) mass is 372 g/mol. The van der Waals surface area contributed by atoms with Crippen molar-refractivity contribution in [2.45, 2.75) is 25.5 Å². The van der Waals surface area contributed by atoms with E-state index in [9.17, 15) is 18.8 Å². The smallest absolute Gasteiger partial charge is 0.312 e. The van der Waals surface area contributed by atoms with E-state index in [2.05, 4.69) is 16.2 Å². The molecule has 4 amide bonds. The van der Waals surface area contributed by atoms with E-state index in [1.807, 2.05) is 6.26 Å². The summed E-state index contributed by atoms with van der Waals surface area (Å²) >= 11 is 1.49. The van der Waals surface area contributed by atoms with Gasteiger partial charge in [-0.1, -0.05) is 12.1 Å². The molecule has 0 fully saturated rings. The number of hydrogen-bond donors (Lipinski definition) is 4. The first kappa shape index (κ1) is 20.6. The molecule has 10 heteroatoms. The Balaban J connectivity index is 2.53. The molecule has 5 N–H and O–H groups in total. The molecule has 0 aromatic heterocycles. The fraction of sp³-hybridized carbons (Fsp3) is 0.400. The summed E-state index contributed by atoms with van der Waals surface area (Å²) in [6, 6.07) is 3.92. The summed E-state index contributed by atoms with van der Waals surface area (Å²) < 4.78 is 18.7. The van der Waals surface area contributed by atoms with E-state index in [1.54, 1.807) is 6.07 Å². The summed E-state index contributed by atoms with van der Waals surface area (Å²) in [6.07, 6.45) is 1.14. The molecule has 0 radical (unpaired) electrons. The lowest BCUT2D eigenvalue weighted by atomic mass is 10.2. The van der Waals surface area contributed by atoms with Crippen LogP contribution in [0.2, 0.25) is 0 Å². The molecule has 1 aromatic rings. The normalized spacial score (nSPS) is 12.6. The minimum Gasteiger partial charge on any atom is -0.478 e. The Labute approximate surface area is 149 Å². The van der Waals surface area contributed by atoms with Gasteiger partial charge in [0.15, 0.2) is 17.7 Å². The average molecular weight is 372 g/mol. The number of primary amides is 1. The van der Waals surface area contributed by atoms with Gasteiger partial charge in [0.05, 0.1) is 0 Å². The van der Waals surface area contributed by atoms with Gasteiger partial charge < -0.3 is 15.8 Å². The Morgan fingerprint density at radius 3 is 2.48 bits per heavy atom. The maximum Gasteiger partial charge on any atom is 0.312 e. The highest BCUT2D eigenvalue weighted by atomic mass is 32.2. The number of para-hydroxylation sites is 1. The van der Waals surface area contributed by atoms with Crippen molar-refractivity contribution in [2.24, 2.45) is 5.73 Å². The lowest BCUT2D eigenvalue weighted by Gasteiger charge is -2.19. The summed E-state index contributed by atoms with van der Waals surface area (Å²) in [5.41, 5.74) is 9.38. The van der Waals surface area contributed by atoms with E-state index in [0.717, 1.165) is 0 Å². The zero-order valence-electron chi connectivity index (χ0n) is 13.9. The zero-order valence-corrected chi connectivity index (χ0v) is 14.7. The van der Waals surface area contributed by atoms with E-state index < -0.39 is 35.8 Å². The van der Waals surface area contributed by atoms with Gasteiger partial charge in [-0.05, 0) is 37.5 Å². The highest BCUT2D eigenvalue weighted by Gasteiger charge is 2.22. The van der Waals surface area contributed by atoms with E-state index in [1.165, 1.54) is 36.9 Å². The Morgan fingerprint density at radius 1 is 1.24 bits per heavy atom. The van der Waals surface area contributed by atoms with Crippen LogP contribution in [0, 0.1) is 5.82 Å². The summed E-state index contributed by atoms with van der Waals surface area (Å²) in [5.74, 6) is -1.38. The third-order valence-corrected chi connectivity index (χ3v) is 3.71. The van der Waals surface area contributed by atoms with Crippen LogP contribution in [0.4, 0.5) is 9.18 Å². The summed E-state index contributed by atoms with van der Waals surface area (Å²) in [4.78, 5) is 34.9. The van der Waals surface area contributed by atoms with Crippen LogP contribution in [0.1, 0.15) is 13.3 Å². The maximum atomic E-state index is 13.5. The molecule has 2 atom stereocenters. The minimum atomic E-state index is -1.05. The van der Waals surface area contributed by atoms with Gasteiger partial charge in [0, 0.05) is 0 Å². The van der Waals surface area contributed by atoms with E-state index >= 15 is 0 Å². The fourth-order valence-electron chi connectivity index (χ4n) is 1.77.